The lowest BCUT2D eigenvalue weighted by Crippen LogP contribution is -2.03. The summed E-state index contributed by atoms with van der Waals surface area (Å²) in [5, 5.41) is 13.8. The van der Waals surface area contributed by atoms with Crippen LogP contribution in [0, 0.1) is 0 Å². The monoisotopic (exact) mass is 220 g/mol. The van der Waals surface area contributed by atoms with Crippen molar-refractivity contribution in [3.8, 4) is 10.7 Å². The van der Waals surface area contributed by atoms with Crippen LogP contribution in [0.15, 0.2) is 17.5 Å². The summed E-state index contributed by atoms with van der Waals surface area (Å²) >= 11 is 1.71. The fraction of sp³-hybridized carbons (Fsp3) is 0.400. The average Bonchev–Trinajstić information content (AvgIpc) is 2.83. The Kier molecular flexibility index (Phi) is 2.17. The molecular formula is C10H12N4S. The molecule has 0 radical (unpaired) electrons. The largest absolute Gasteiger partial charge is 0.354 e. The van der Waals surface area contributed by atoms with Crippen molar-refractivity contribution in [3.05, 3.63) is 17.5 Å². The van der Waals surface area contributed by atoms with Crippen LogP contribution < -0.4 is 5.32 Å². The first kappa shape index (κ1) is 8.91. The summed E-state index contributed by atoms with van der Waals surface area (Å²) in [5.41, 5.74) is 0. The number of hydrogen-bond donors (Lipinski definition) is 1. The third-order valence-corrected chi connectivity index (χ3v) is 3.45. The molecule has 0 amide bonds. The number of thiophene rings is 1. The number of aromatic nitrogens is 3. The van der Waals surface area contributed by atoms with Crippen LogP contribution >= 0.6 is 11.3 Å². The van der Waals surface area contributed by atoms with E-state index in [1.807, 2.05) is 6.07 Å². The SMILES string of the molecule is c1csc(-c2nnc3n2CCCCN3)c1. The Morgan fingerprint density at radius 3 is 3.20 bits per heavy atom. The van der Waals surface area contributed by atoms with E-state index in [-0.39, 0.29) is 0 Å². The van der Waals surface area contributed by atoms with Gasteiger partial charge in [0.15, 0.2) is 5.82 Å². The molecular weight excluding hydrogens is 208 g/mol. The van der Waals surface area contributed by atoms with Crippen molar-refractivity contribution < 1.29 is 0 Å². The van der Waals surface area contributed by atoms with E-state index in [0.717, 1.165) is 24.9 Å². The summed E-state index contributed by atoms with van der Waals surface area (Å²) in [5.74, 6) is 1.91. The molecule has 2 aromatic rings. The fourth-order valence-electron chi connectivity index (χ4n) is 1.83. The van der Waals surface area contributed by atoms with Crippen LogP contribution in [0.5, 0.6) is 0 Å². The molecule has 2 aromatic heterocycles. The topological polar surface area (TPSA) is 42.7 Å². The second kappa shape index (κ2) is 3.66. The number of nitrogens with zero attached hydrogens (tertiary/aromatic N) is 3. The van der Waals surface area contributed by atoms with E-state index in [4.69, 9.17) is 0 Å². The summed E-state index contributed by atoms with van der Waals surface area (Å²) in [7, 11) is 0. The molecule has 1 N–H and O–H groups in total. The summed E-state index contributed by atoms with van der Waals surface area (Å²) in [6, 6.07) is 4.14. The molecule has 3 rings (SSSR count). The Morgan fingerprint density at radius 1 is 1.33 bits per heavy atom. The van der Waals surface area contributed by atoms with E-state index in [1.165, 1.54) is 17.7 Å². The van der Waals surface area contributed by atoms with Gasteiger partial charge in [0.1, 0.15) is 0 Å². The van der Waals surface area contributed by atoms with Gasteiger partial charge >= 0.3 is 0 Å². The minimum atomic E-state index is 0.913. The molecule has 0 unspecified atom stereocenters. The maximum Gasteiger partial charge on any atom is 0.224 e. The molecule has 3 heterocycles. The number of fused-ring (bicyclic) bond motifs is 1. The lowest BCUT2D eigenvalue weighted by molar-refractivity contribution is 0.658. The molecule has 0 aromatic carbocycles. The van der Waals surface area contributed by atoms with Gasteiger partial charge in [-0.1, -0.05) is 6.07 Å². The highest BCUT2D eigenvalue weighted by molar-refractivity contribution is 7.13. The first-order chi connectivity index (χ1) is 7.45. The molecule has 0 atom stereocenters. The van der Waals surface area contributed by atoms with Crippen molar-refractivity contribution in [1.82, 2.24) is 14.8 Å². The molecule has 5 heteroatoms. The van der Waals surface area contributed by atoms with Crippen LogP contribution in [0.25, 0.3) is 10.7 Å². The third-order valence-electron chi connectivity index (χ3n) is 2.58. The Morgan fingerprint density at radius 2 is 2.33 bits per heavy atom. The number of hydrogen-bond acceptors (Lipinski definition) is 4. The summed E-state index contributed by atoms with van der Waals surface area (Å²) in [4.78, 5) is 1.19. The Balaban J connectivity index is 2.06. The van der Waals surface area contributed by atoms with Crippen LogP contribution in [-0.2, 0) is 6.54 Å². The van der Waals surface area contributed by atoms with Gasteiger partial charge in [0.25, 0.3) is 0 Å². The molecule has 15 heavy (non-hydrogen) atoms. The second-order valence-corrected chi connectivity index (χ2v) is 4.56. The quantitative estimate of drug-likeness (QED) is 0.801. The van der Waals surface area contributed by atoms with Gasteiger partial charge in [-0.3, -0.25) is 4.57 Å². The van der Waals surface area contributed by atoms with Crippen molar-refractivity contribution >= 4 is 17.3 Å². The van der Waals surface area contributed by atoms with Crippen LogP contribution in [0.3, 0.4) is 0 Å². The number of nitrogens with one attached hydrogen (secondary N) is 1. The first-order valence-corrected chi connectivity index (χ1v) is 6.04. The van der Waals surface area contributed by atoms with Crippen LogP contribution in [0.1, 0.15) is 12.8 Å². The normalized spacial score (nSPS) is 15.5. The molecule has 1 aliphatic heterocycles. The molecule has 0 bridgehead atoms. The van der Waals surface area contributed by atoms with Gasteiger partial charge < -0.3 is 5.32 Å². The van der Waals surface area contributed by atoms with Gasteiger partial charge in [-0.25, -0.2) is 0 Å². The highest BCUT2D eigenvalue weighted by Crippen LogP contribution is 2.26. The lowest BCUT2D eigenvalue weighted by atomic mass is 10.3. The molecule has 0 spiro atoms. The third kappa shape index (κ3) is 1.52. The number of anilines is 1. The highest BCUT2D eigenvalue weighted by atomic mass is 32.1. The zero-order chi connectivity index (χ0) is 10.1. The van der Waals surface area contributed by atoms with Crippen LogP contribution in [-0.4, -0.2) is 21.3 Å². The van der Waals surface area contributed by atoms with E-state index in [1.54, 1.807) is 11.3 Å². The van der Waals surface area contributed by atoms with Gasteiger partial charge in [-0.15, -0.1) is 21.5 Å². The minimum Gasteiger partial charge on any atom is -0.354 e. The van der Waals surface area contributed by atoms with Gasteiger partial charge in [0.05, 0.1) is 4.88 Å². The Hall–Kier alpha value is -1.36. The lowest BCUT2D eigenvalue weighted by Gasteiger charge is -2.04. The van der Waals surface area contributed by atoms with E-state index in [2.05, 4.69) is 31.5 Å². The van der Waals surface area contributed by atoms with E-state index < -0.39 is 0 Å². The standard InChI is InChI=1S/C10H12N4S/c1-2-6-14-9(8-4-3-7-15-8)12-13-10(14)11-5-1/h3-4,7H,1-2,5-6H2,(H,11,13). The fourth-order valence-corrected chi connectivity index (χ4v) is 2.55. The second-order valence-electron chi connectivity index (χ2n) is 3.61. The van der Waals surface area contributed by atoms with Gasteiger partial charge in [-0.2, -0.15) is 0 Å². The summed E-state index contributed by atoms with van der Waals surface area (Å²) < 4.78 is 2.18. The Bertz CT molecular complexity index is 446. The number of rotatable bonds is 1. The maximum absolute atomic E-state index is 4.24. The van der Waals surface area contributed by atoms with Crippen molar-refractivity contribution in [3.63, 3.8) is 0 Å². The molecule has 0 fully saturated rings. The summed E-state index contributed by atoms with van der Waals surface area (Å²) in [6.45, 7) is 2.02. The molecule has 0 aliphatic carbocycles. The maximum atomic E-state index is 4.24. The molecule has 1 aliphatic rings. The van der Waals surface area contributed by atoms with Gasteiger partial charge in [0.2, 0.25) is 5.95 Å². The molecule has 0 saturated carbocycles. The van der Waals surface area contributed by atoms with E-state index in [9.17, 15) is 0 Å². The Labute approximate surface area is 92.0 Å². The molecule has 4 nitrogen and oxygen atoms in total. The highest BCUT2D eigenvalue weighted by Gasteiger charge is 2.15. The molecule has 78 valence electrons. The predicted octanol–water partition coefficient (Wildman–Crippen LogP) is 2.21. The average molecular weight is 220 g/mol. The van der Waals surface area contributed by atoms with Crippen LogP contribution in [0.2, 0.25) is 0 Å². The van der Waals surface area contributed by atoms with Gasteiger partial charge in [-0.05, 0) is 24.3 Å². The zero-order valence-electron chi connectivity index (χ0n) is 8.31. The predicted molar refractivity (Wildman–Crippen MR) is 61.1 cm³/mol. The van der Waals surface area contributed by atoms with E-state index in [0.29, 0.717) is 0 Å². The van der Waals surface area contributed by atoms with E-state index >= 15 is 0 Å². The first-order valence-electron chi connectivity index (χ1n) is 5.16. The van der Waals surface area contributed by atoms with Gasteiger partial charge in [0, 0.05) is 13.1 Å². The smallest absolute Gasteiger partial charge is 0.224 e. The van der Waals surface area contributed by atoms with Crippen molar-refractivity contribution in [2.45, 2.75) is 19.4 Å². The van der Waals surface area contributed by atoms with Crippen molar-refractivity contribution in [2.75, 3.05) is 11.9 Å². The molecule has 0 saturated heterocycles. The van der Waals surface area contributed by atoms with Crippen LogP contribution in [0.4, 0.5) is 5.95 Å². The zero-order valence-corrected chi connectivity index (χ0v) is 9.13. The summed E-state index contributed by atoms with van der Waals surface area (Å²) in [6.07, 6.45) is 2.39. The van der Waals surface area contributed by atoms with Crippen molar-refractivity contribution in [2.24, 2.45) is 0 Å². The van der Waals surface area contributed by atoms with Crippen molar-refractivity contribution in [1.29, 1.82) is 0 Å². The minimum absolute atomic E-state index is 0.913.